The number of nitrogens with zero attached hydrogens (tertiary/aromatic N) is 1. The predicted molar refractivity (Wildman–Crippen MR) is 376 cm³/mol. The second kappa shape index (κ2) is 68.3. The molecule has 0 aromatic carbocycles. The number of hydrogen-bond acceptors (Lipinski definition) is 6. The van der Waals surface area contributed by atoms with Gasteiger partial charge in [-0.2, -0.15) is 0 Å². The summed E-state index contributed by atoms with van der Waals surface area (Å²) in [6.45, 7) is 4.78. The van der Waals surface area contributed by atoms with Gasteiger partial charge >= 0.3 is 0 Å². The smallest absolute Gasteiger partial charge is 0.268 e. The first kappa shape index (κ1) is 85.0. The molecule has 86 heavy (non-hydrogen) atoms. The zero-order valence-corrected chi connectivity index (χ0v) is 59.7. The summed E-state index contributed by atoms with van der Waals surface area (Å²) in [5.74, 6) is -0.154. The Labute approximate surface area is 538 Å². The molecule has 0 bridgehead atoms. The number of rotatable bonds is 73. The number of phosphoric ester groups is 1. The summed E-state index contributed by atoms with van der Waals surface area (Å²) in [6.07, 6.45) is 90.1. The lowest BCUT2D eigenvalue weighted by Gasteiger charge is -2.30. The van der Waals surface area contributed by atoms with E-state index in [1.165, 1.54) is 340 Å². The highest BCUT2D eigenvalue weighted by atomic mass is 31.2. The minimum atomic E-state index is -4.58. The first-order valence-electron chi connectivity index (χ1n) is 38.7. The zero-order chi connectivity index (χ0) is 62.6. The number of carbonyl (C=O) groups is 1. The first-order valence-corrected chi connectivity index (χ1v) is 40.1. The van der Waals surface area contributed by atoms with Crippen molar-refractivity contribution in [1.29, 1.82) is 0 Å². The minimum Gasteiger partial charge on any atom is -0.756 e. The van der Waals surface area contributed by atoms with Crippen LogP contribution < -0.4 is 10.2 Å². The second-order valence-electron chi connectivity index (χ2n) is 28.1. The Morgan fingerprint density at radius 3 is 0.965 bits per heavy atom. The molecule has 0 rings (SSSR count). The van der Waals surface area contributed by atoms with Crippen LogP contribution in [0, 0.1) is 0 Å². The highest BCUT2D eigenvalue weighted by Gasteiger charge is 2.24. The Morgan fingerprint density at radius 1 is 0.407 bits per heavy atom. The van der Waals surface area contributed by atoms with Crippen LogP contribution in [-0.2, 0) is 18.4 Å². The maximum absolute atomic E-state index is 13.1. The SMILES string of the molecule is CCCCCCC/C=C\C/C=C\CCCCCCCCCCCCCCCCCCCCCCCCCCCCCCCC(=O)NC(COP(=O)([O-])OCC[N+](C)(C)C)C(O)CCCCCCCCCCCCCCCCCCCCCCCCC. The number of aliphatic hydroxyl groups is 1. The summed E-state index contributed by atoms with van der Waals surface area (Å²) < 4.78 is 23.6. The van der Waals surface area contributed by atoms with Crippen LogP contribution in [0.15, 0.2) is 24.3 Å². The Balaban J connectivity index is 3.86. The zero-order valence-electron chi connectivity index (χ0n) is 58.8. The highest BCUT2D eigenvalue weighted by molar-refractivity contribution is 7.45. The number of nitrogens with one attached hydrogen (secondary N) is 1. The lowest BCUT2D eigenvalue weighted by Crippen LogP contribution is -2.46. The molecule has 0 aliphatic carbocycles. The number of carbonyl (C=O) groups excluding carboxylic acids is 1. The topological polar surface area (TPSA) is 108 Å². The van der Waals surface area contributed by atoms with Gasteiger partial charge in [0.25, 0.3) is 7.82 Å². The van der Waals surface area contributed by atoms with Gasteiger partial charge in [-0.25, -0.2) is 0 Å². The van der Waals surface area contributed by atoms with Crippen LogP contribution in [0.25, 0.3) is 0 Å². The number of unbranched alkanes of at least 4 members (excludes halogenated alkanes) is 56. The van der Waals surface area contributed by atoms with E-state index in [4.69, 9.17) is 9.05 Å². The molecular weight excluding hydrogens is 1080 g/mol. The molecule has 0 spiro atoms. The van der Waals surface area contributed by atoms with E-state index in [1.807, 2.05) is 21.1 Å². The molecule has 3 atom stereocenters. The normalized spacial score (nSPS) is 13.6. The Kier molecular flexibility index (Phi) is 67.5. The van der Waals surface area contributed by atoms with E-state index in [2.05, 4.69) is 43.5 Å². The summed E-state index contributed by atoms with van der Waals surface area (Å²) in [7, 11) is 1.33. The number of aliphatic hydroxyl groups excluding tert-OH is 1. The van der Waals surface area contributed by atoms with Crippen LogP contribution >= 0.6 is 7.82 Å². The van der Waals surface area contributed by atoms with E-state index in [0.717, 1.165) is 44.9 Å². The molecule has 2 N–H and O–H groups in total. The maximum Gasteiger partial charge on any atom is 0.268 e. The average molecular weight is 1230 g/mol. The van der Waals surface area contributed by atoms with Gasteiger partial charge in [-0.3, -0.25) is 9.36 Å². The van der Waals surface area contributed by atoms with E-state index in [9.17, 15) is 19.4 Å². The van der Waals surface area contributed by atoms with E-state index in [0.29, 0.717) is 23.9 Å². The van der Waals surface area contributed by atoms with Crippen LogP contribution in [0.4, 0.5) is 0 Å². The second-order valence-corrected chi connectivity index (χ2v) is 29.5. The van der Waals surface area contributed by atoms with Gasteiger partial charge in [-0.05, 0) is 44.9 Å². The Bertz CT molecular complexity index is 1450. The van der Waals surface area contributed by atoms with Crippen LogP contribution in [0.2, 0.25) is 0 Å². The molecule has 0 aliphatic rings. The molecular formula is C77H153N2O6P. The number of likely N-dealkylation sites (N-methyl/N-ethyl adjacent to an activating group) is 1. The third-order valence-corrected chi connectivity index (χ3v) is 19.2. The summed E-state index contributed by atoms with van der Waals surface area (Å²) in [6, 6.07) is -0.799. The number of phosphoric acid groups is 1. The lowest BCUT2D eigenvalue weighted by molar-refractivity contribution is -0.870. The quantitative estimate of drug-likeness (QED) is 0.0272. The molecule has 0 aromatic rings. The molecule has 512 valence electrons. The predicted octanol–water partition coefficient (Wildman–Crippen LogP) is 24.4. The third kappa shape index (κ3) is 70.4. The summed E-state index contributed by atoms with van der Waals surface area (Å²) in [4.78, 5) is 25.7. The van der Waals surface area contributed by atoms with Crippen molar-refractivity contribution in [1.82, 2.24) is 5.32 Å². The van der Waals surface area contributed by atoms with Crippen molar-refractivity contribution in [2.75, 3.05) is 40.9 Å². The molecule has 9 heteroatoms. The first-order chi connectivity index (χ1) is 42.0. The lowest BCUT2D eigenvalue weighted by atomic mass is 10.0. The molecule has 0 fully saturated rings. The van der Waals surface area contributed by atoms with Crippen molar-refractivity contribution in [2.45, 2.75) is 424 Å². The molecule has 0 aliphatic heterocycles. The summed E-state index contributed by atoms with van der Waals surface area (Å²) in [5, 5.41) is 14.1. The van der Waals surface area contributed by atoms with Crippen molar-refractivity contribution < 1.29 is 32.9 Å². The van der Waals surface area contributed by atoms with Crippen molar-refractivity contribution in [2.24, 2.45) is 0 Å². The summed E-state index contributed by atoms with van der Waals surface area (Å²) in [5.41, 5.74) is 0. The fourth-order valence-electron chi connectivity index (χ4n) is 12.2. The molecule has 0 aromatic heterocycles. The van der Waals surface area contributed by atoms with Crippen molar-refractivity contribution in [3.8, 4) is 0 Å². The Morgan fingerprint density at radius 2 is 0.674 bits per heavy atom. The fraction of sp³-hybridized carbons (Fsp3) is 0.935. The monoisotopic (exact) mass is 1230 g/mol. The maximum atomic E-state index is 13.1. The number of amides is 1. The van der Waals surface area contributed by atoms with E-state index >= 15 is 0 Å². The average Bonchev–Trinajstić information content (AvgIpc) is 3.70. The molecule has 8 nitrogen and oxygen atoms in total. The molecule has 1 amide bonds. The largest absolute Gasteiger partial charge is 0.756 e. The fourth-order valence-corrected chi connectivity index (χ4v) is 12.9. The van der Waals surface area contributed by atoms with Crippen LogP contribution in [0.5, 0.6) is 0 Å². The van der Waals surface area contributed by atoms with Crippen molar-refractivity contribution in [3.63, 3.8) is 0 Å². The number of quaternary nitrogens is 1. The van der Waals surface area contributed by atoms with E-state index < -0.39 is 20.0 Å². The minimum absolute atomic E-state index is 0.0159. The molecule has 0 radical (unpaired) electrons. The van der Waals surface area contributed by atoms with Gasteiger partial charge in [0.2, 0.25) is 5.91 Å². The van der Waals surface area contributed by atoms with E-state index in [-0.39, 0.29) is 19.1 Å². The Hall–Kier alpha value is -1.02. The highest BCUT2D eigenvalue weighted by Crippen LogP contribution is 2.38. The van der Waals surface area contributed by atoms with Gasteiger partial charge in [-0.1, -0.05) is 385 Å². The van der Waals surface area contributed by atoms with Gasteiger partial charge in [0.05, 0.1) is 39.9 Å². The van der Waals surface area contributed by atoms with Gasteiger partial charge < -0.3 is 28.8 Å². The molecule has 0 saturated heterocycles. The van der Waals surface area contributed by atoms with Crippen LogP contribution in [-0.4, -0.2) is 68.5 Å². The summed E-state index contributed by atoms with van der Waals surface area (Å²) >= 11 is 0. The van der Waals surface area contributed by atoms with Gasteiger partial charge in [-0.15, -0.1) is 0 Å². The molecule has 0 heterocycles. The van der Waals surface area contributed by atoms with Gasteiger partial charge in [0, 0.05) is 6.42 Å². The van der Waals surface area contributed by atoms with E-state index in [1.54, 1.807) is 0 Å². The van der Waals surface area contributed by atoms with Gasteiger partial charge in [0.1, 0.15) is 13.2 Å². The van der Waals surface area contributed by atoms with Crippen LogP contribution in [0.1, 0.15) is 412 Å². The third-order valence-electron chi connectivity index (χ3n) is 18.2. The van der Waals surface area contributed by atoms with Crippen molar-refractivity contribution in [3.05, 3.63) is 24.3 Å². The molecule has 3 unspecified atom stereocenters. The van der Waals surface area contributed by atoms with Crippen LogP contribution in [0.3, 0.4) is 0 Å². The molecule has 0 saturated carbocycles. The standard InChI is InChI=1S/C77H153N2O6P/c1-6-8-10-12-14-16-18-20-22-24-26-28-30-31-32-33-34-35-36-37-38-39-40-41-42-43-44-45-46-47-49-51-53-55-57-59-61-63-65-67-69-71-77(81)78-75(74-85-86(82,83)84-73-72-79(3,4)5)76(80)70-68-66-64-62-60-58-56-54-52-50-48-29-27-25-23-21-19-17-15-13-11-9-7-2/h18,20,24,26,75-76,80H,6-17,19,21-23,25,27-74H2,1-5H3,(H-,78,81,82,83)/b20-18-,26-24-. The number of hydrogen-bond donors (Lipinski definition) is 2. The van der Waals surface area contributed by atoms with Crippen molar-refractivity contribution >= 4 is 13.7 Å². The number of allylic oxidation sites excluding steroid dienone is 4. The van der Waals surface area contributed by atoms with Gasteiger partial charge in [0.15, 0.2) is 0 Å².